The van der Waals surface area contributed by atoms with Crippen LogP contribution in [0.4, 0.5) is 5.69 Å². The Labute approximate surface area is 179 Å². The molecule has 6 N–H and O–H groups in total. The molecule has 4 rings (SSSR count). The van der Waals surface area contributed by atoms with Gasteiger partial charge in [-0.05, 0) is 69.0 Å². The number of anilines is 1. The summed E-state index contributed by atoms with van der Waals surface area (Å²) in [6, 6.07) is 9.76. The molecule has 0 saturated carbocycles. The number of hydrogen-bond acceptors (Lipinski definition) is 5. The van der Waals surface area contributed by atoms with Crippen LogP contribution in [0.1, 0.15) is 52.0 Å². The van der Waals surface area contributed by atoms with Crippen LogP contribution in [0, 0.1) is 0 Å². The Balaban J connectivity index is 1.48. The first kappa shape index (κ1) is 20.8. The number of carbonyl (C=O) groups excluding carboxylic acids is 1. The Morgan fingerprint density at radius 2 is 1.87 bits per heavy atom. The van der Waals surface area contributed by atoms with Crippen LogP contribution in [0.15, 0.2) is 59.0 Å². The number of likely N-dealkylation sites (tertiary alicyclic amines) is 1. The van der Waals surface area contributed by atoms with Gasteiger partial charge in [0.1, 0.15) is 0 Å². The number of piperidine rings is 1. The van der Waals surface area contributed by atoms with Crippen LogP contribution in [-0.4, -0.2) is 28.6 Å². The second-order valence-electron chi connectivity index (χ2n) is 9.09. The van der Waals surface area contributed by atoms with E-state index >= 15 is 0 Å². The molecule has 1 aliphatic carbocycles. The Kier molecular flexibility index (Phi) is 5.57. The molecule has 2 unspecified atom stereocenters. The molecule has 6 nitrogen and oxygen atoms in total. The van der Waals surface area contributed by atoms with Crippen LogP contribution in [0.2, 0.25) is 0 Å². The van der Waals surface area contributed by atoms with Crippen LogP contribution < -0.4 is 22.1 Å². The highest BCUT2D eigenvalue weighted by atomic mass is 16.2. The Morgan fingerprint density at radius 1 is 1.20 bits per heavy atom. The number of carbonyl (C=O) groups is 1. The standard InChI is InChI=1S/C24H33N5O/c1-15-5-4-6-16(2)29(15)14-18-7-9-19(10-8-18)27-17(3)22-20-13-24(25,26)12-11-21(20)28-23(22)30/h7-12,15-16,27H,4-6,13-14,25-26H2,1-3H3,(H,28,30). The normalized spacial score (nSPS) is 27.7. The Hall–Kier alpha value is -2.41. The molecule has 30 heavy (non-hydrogen) atoms. The van der Waals surface area contributed by atoms with Crippen molar-refractivity contribution in [2.24, 2.45) is 11.5 Å². The van der Waals surface area contributed by atoms with Crippen molar-refractivity contribution >= 4 is 11.6 Å². The van der Waals surface area contributed by atoms with Crippen LogP contribution in [-0.2, 0) is 11.3 Å². The van der Waals surface area contributed by atoms with Crippen LogP contribution in [0.25, 0.3) is 0 Å². The molecule has 6 heteroatoms. The first-order chi connectivity index (χ1) is 14.2. The van der Waals surface area contributed by atoms with Gasteiger partial charge in [-0.3, -0.25) is 9.69 Å². The first-order valence-corrected chi connectivity index (χ1v) is 10.9. The van der Waals surface area contributed by atoms with E-state index in [1.165, 1.54) is 24.8 Å². The highest BCUT2D eigenvalue weighted by molar-refractivity contribution is 6.04. The van der Waals surface area contributed by atoms with Gasteiger partial charge in [0, 0.05) is 42.1 Å². The summed E-state index contributed by atoms with van der Waals surface area (Å²) >= 11 is 0. The van der Waals surface area contributed by atoms with Crippen molar-refractivity contribution in [1.82, 2.24) is 10.2 Å². The number of hydrogen-bond donors (Lipinski definition) is 4. The largest absolute Gasteiger partial charge is 0.358 e. The van der Waals surface area contributed by atoms with Crippen molar-refractivity contribution in [3.63, 3.8) is 0 Å². The summed E-state index contributed by atoms with van der Waals surface area (Å²) in [6.45, 7) is 7.55. The van der Waals surface area contributed by atoms with Crippen molar-refractivity contribution in [2.45, 2.75) is 70.7 Å². The minimum Gasteiger partial charge on any atom is -0.358 e. The second-order valence-corrected chi connectivity index (χ2v) is 9.09. The molecule has 0 bridgehead atoms. The summed E-state index contributed by atoms with van der Waals surface area (Å²) in [6.07, 6.45) is 7.84. The average molecular weight is 408 g/mol. The molecule has 1 fully saturated rings. The first-order valence-electron chi connectivity index (χ1n) is 10.9. The number of benzene rings is 1. The predicted octanol–water partition coefficient (Wildman–Crippen LogP) is 3.09. The summed E-state index contributed by atoms with van der Waals surface area (Å²) in [5, 5.41) is 6.30. The SMILES string of the molecule is CC(Nc1ccc(CN2C(C)CCCC2C)cc1)=C1C(=O)NC2=C1CC(N)(N)C=C2. The van der Waals surface area contributed by atoms with E-state index in [1.54, 1.807) is 12.2 Å². The lowest BCUT2D eigenvalue weighted by Crippen LogP contribution is -2.48. The lowest BCUT2D eigenvalue weighted by Gasteiger charge is -2.39. The number of nitrogens with zero attached hydrogens (tertiary/aromatic N) is 1. The van der Waals surface area contributed by atoms with Gasteiger partial charge in [0.25, 0.3) is 5.91 Å². The molecule has 1 amide bonds. The van der Waals surface area contributed by atoms with E-state index in [9.17, 15) is 4.79 Å². The van der Waals surface area contributed by atoms with E-state index in [1.807, 2.05) is 6.92 Å². The molecule has 3 aliphatic rings. The number of rotatable bonds is 4. The zero-order valence-corrected chi connectivity index (χ0v) is 18.2. The second kappa shape index (κ2) is 8.02. The molecular weight excluding hydrogens is 374 g/mol. The van der Waals surface area contributed by atoms with Crippen molar-refractivity contribution < 1.29 is 4.79 Å². The van der Waals surface area contributed by atoms with Gasteiger partial charge in [0.05, 0.1) is 11.2 Å². The minimum absolute atomic E-state index is 0.114. The molecule has 2 atom stereocenters. The van der Waals surface area contributed by atoms with Crippen LogP contribution >= 0.6 is 0 Å². The fourth-order valence-corrected chi connectivity index (χ4v) is 4.83. The molecule has 1 aromatic carbocycles. The number of allylic oxidation sites excluding steroid dienone is 2. The summed E-state index contributed by atoms with van der Waals surface area (Å²) in [5.41, 5.74) is 16.6. The van der Waals surface area contributed by atoms with Crippen molar-refractivity contribution in [2.75, 3.05) is 5.32 Å². The van der Waals surface area contributed by atoms with E-state index in [0.29, 0.717) is 24.1 Å². The predicted molar refractivity (Wildman–Crippen MR) is 121 cm³/mol. The zero-order valence-electron chi connectivity index (χ0n) is 18.2. The molecule has 160 valence electrons. The van der Waals surface area contributed by atoms with E-state index in [0.717, 1.165) is 29.2 Å². The monoisotopic (exact) mass is 407 g/mol. The third kappa shape index (κ3) is 4.21. The van der Waals surface area contributed by atoms with Gasteiger partial charge in [-0.25, -0.2) is 0 Å². The highest BCUT2D eigenvalue weighted by Crippen LogP contribution is 2.33. The Bertz CT molecular complexity index is 915. The maximum absolute atomic E-state index is 12.5. The summed E-state index contributed by atoms with van der Waals surface area (Å²) in [5.74, 6) is -0.114. The molecular formula is C24H33N5O. The molecule has 2 heterocycles. The molecule has 0 radical (unpaired) electrons. The minimum atomic E-state index is -0.930. The van der Waals surface area contributed by atoms with Gasteiger partial charge in [0.15, 0.2) is 0 Å². The fraction of sp³-hybridized carbons (Fsp3) is 0.458. The lowest BCUT2D eigenvalue weighted by atomic mass is 9.90. The molecule has 1 aromatic rings. The number of nitrogens with one attached hydrogen (secondary N) is 2. The highest BCUT2D eigenvalue weighted by Gasteiger charge is 2.34. The number of amides is 1. The summed E-state index contributed by atoms with van der Waals surface area (Å²) in [7, 11) is 0. The van der Waals surface area contributed by atoms with E-state index < -0.39 is 5.66 Å². The van der Waals surface area contributed by atoms with Gasteiger partial charge in [-0.15, -0.1) is 0 Å². The van der Waals surface area contributed by atoms with Crippen LogP contribution in [0.3, 0.4) is 0 Å². The topological polar surface area (TPSA) is 96.4 Å². The lowest BCUT2D eigenvalue weighted by molar-refractivity contribution is -0.116. The summed E-state index contributed by atoms with van der Waals surface area (Å²) in [4.78, 5) is 15.1. The van der Waals surface area contributed by atoms with E-state index in [2.05, 4.69) is 53.6 Å². The summed E-state index contributed by atoms with van der Waals surface area (Å²) < 4.78 is 0. The molecule has 0 spiro atoms. The quantitative estimate of drug-likeness (QED) is 0.454. The van der Waals surface area contributed by atoms with Gasteiger partial charge >= 0.3 is 0 Å². The number of nitrogens with two attached hydrogens (primary N) is 2. The molecule has 2 aliphatic heterocycles. The maximum Gasteiger partial charge on any atom is 0.257 e. The Morgan fingerprint density at radius 3 is 2.53 bits per heavy atom. The van der Waals surface area contributed by atoms with Gasteiger partial charge in [0.2, 0.25) is 0 Å². The smallest absolute Gasteiger partial charge is 0.257 e. The van der Waals surface area contributed by atoms with Crippen molar-refractivity contribution in [3.8, 4) is 0 Å². The van der Waals surface area contributed by atoms with E-state index in [4.69, 9.17) is 11.5 Å². The fourth-order valence-electron chi connectivity index (χ4n) is 4.83. The van der Waals surface area contributed by atoms with Crippen molar-refractivity contribution in [3.05, 3.63) is 64.5 Å². The molecule has 1 saturated heterocycles. The van der Waals surface area contributed by atoms with Gasteiger partial charge < -0.3 is 22.1 Å². The van der Waals surface area contributed by atoms with Gasteiger partial charge in [-0.2, -0.15) is 0 Å². The van der Waals surface area contributed by atoms with Crippen molar-refractivity contribution in [1.29, 1.82) is 0 Å². The van der Waals surface area contributed by atoms with Crippen LogP contribution in [0.5, 0.6) is 0 Å². The molecule has 0 aromatic heterocycles. The van der Waals surface area contributed by atoms with Gasteiger partial charge in [-0.1, -0.05) is 18.6 Å². The third-order valence-electron chi connectivity index (χ3n) is 6.55. The average Bonchev–Trinajstić information content (AvgIpc) is 3.00. The zero-order chi connectivity index (χ0) is 21.5. The third-order valence-corrected chi connectivity index (χ3v) is 6.55. The van der Waals surface area contributed by atoms with E-state index in [-0.39, 0.29) is 5.91 Å². The maximum atomic E-state index is 12.5.